The Balaban J connectivity index is 3.81. The van der Waals surface area contributed by atoms with Crippen LogP contribution in [0.2, 0.25) is 0 Å². The quantitative estimate of drug-likeness (QED) is 0.0290. The van der Waals surface area contributed by atoms with Crippen LogP contribution in [0, 0.1) is 0 Å². The van der Waals surface area contributed by atoms with Gasteiger partial charge >= 0.3 is 0 Å². The predicted octanol–water partition coefficient (Wildman–Crippen LogP) is 9.94. The lowest BCUT2D eigenvalue weighted by atomic mass is 10.0. The molecule has 0 saturated heterocycles. The number of quaternary nitrogens is 1. The van der Waals surface area contributed by atoms with Gasteiger partial charge < -0.3 is 28.8 Å². The zero-order valence-electron chi connectivity index (χ0n) is 32.6. The summed E-state index contributed by atoms with van der Waals surface area (Å²) >= 11 is 0. The van der Waals surface area contributed by atoms with Gasteiger partial charge in [-0.25, -0.2) is 0 Å². The van der Waals surface area contributed by atoms with Gasteiger partial charge in [-0.15, -0.1) is 0 Å². The Labute approximate surface area is 303 Å². The number of hydrogen-bond donors (Lipinski definition) is 2. The molecule has 0 aromatic heterocycles. The number of carbonyl (C=O) groups excluding carboxylic acids is 1. The Morgan fingerprint density at radius 2 is 1.12 bits per heavy atom. The topological polar surface area (TPSA) is 108 Å². The van der Waals surface area contributed by atoms with Crippen molar-refractivity contribution in [3.8, 4) is 0 Å². The summed E-state index contributed by atoms with van der Waals surface area (Å²) in [7, 11) is 1.24. The van der Waals surface area contributed by atoms with Crippen molar-refractivity contribution in [3.63, 3.8) is 0 Å². The van der Waals surface area contributed by atoms with Crippen LogP contribution in [0.5, 0.6) is 0 Å². The molecular weight excluding hydrogens is 635 g/mol. The van der Waals surface area contributed by atoms with Crippen molar-refractivity contribution in [1.82, 2.24) is 5.32 Å². The van der Waals surface area contributed by atoms with E-state index >= 15 is 0 Å². The first-order chi connectivity index (χ1) is 23.5. The second-order valence-corrected chi connectivity index (χ2v) is 16.4. The summed E-state index contributed by atoms with van der Waals surface area (Å²) in [5, 5.41) is 13.2. The molecule has 2 N–H and O–H groups in total. The summed E-state index contributed by atoms with van der Waals surface area (Å²) in [4.78, 5) is 24.1. The van der Waals surface area contributed by atoms with Gasteiger partial charge in [0, 0.05) is 6.42 Å². The molecule has 0 fully saturated rings. The van der Waals surface area contributed by atoms with Crippen LogP contribution in [0.25, 0.3) is 0 Å². The third-order valence-electron chi connectivity index (χ3n) is 8.98. The molecule has 0 radical (unpaired) electrons. The van der Waals surface area contributed by atoms with Crippen LogP contribution in [0.15, 0.2) is 24.3 Å². The van der Waals surface area contributed by atoms with Crippen LogP contribution in [-0.4, -0.2) is 68.5 Å². The Bertz CT molecular complexity index is 860. The fraction of sp³-hybridized carbons (Fsp3) is 0.875. The molecular formula is C40H79N2O6P. The number of hydrogen-bond acceptors (Lipinski definition) is 6. The smallest absolute Gasteiger partial charge is 0.268 e. The summed E-state index contributed by atoms with van der Waals surface area (Å²) in [5.41, 5.74) is 0. The first-order valence-corrected chi connectivity index (χ1v) is 21.7. The predicted molar refractivity (Wildman–Crippen MR) is 205 cm³/mol. The van der Waals surface area contributed by atoms with Crippen molar-refractivity contribution in [3.05, 3.63) is 24.3 Å². The number of aliphatic hydroxyl groups is 1. The van der Waals surface area contributed by atoms with Crippen molar-refractivity contribution in [2.75, 3.05) is 40.9 Å². The molecule has 9 heteroatoms. The van der Waals surface area contributed by atoms with E-state index in [1.54, 1.807) is 13.0 Å². The molecule has 8 nitrogen and oxygen atoms in total. The van der Waals surface area contributed by atoms with Gasteiger partial charge in [-0.1, -0.05) is 167 Å². The van der Waals surface area contributed by atoms with Gasteiger partial charge in [-0.3, -0.25) is 9.36 Å². The molecule has 0 aliphatic heterocycles. The second-order valence-electron chi connectivity index (χ2n) is 14.9. The van der Waals surface area contributed by atoms with Crippen molar-refractivity contribution >= 4 is 13.7 Å². The normalized spacial score (nSPS) is 14.8. The summed E-state index contributed by atoms with van der Waals surface area (Å²) in [6, 6.07) is -0.896. The standard InChI is InChI=1S/C40H79N2O6P/c1-6-8-9-10-11-12-13-14-15-16-17-18-19-20-21-22-23-24-25-26-27-28-29-30-31-32-33-34-39(43)38(41-40(44)7-2)37-48-49(45,46)47-36-35-42(3,4)5/h29-30,33-34,38-39,43H,6-28,31-32,35-37H2,1-5H3,(H-,41,44,45,46)/b30-29+,34-33+. The molecule has 3 atom stereocenters. The zero-order valence-corrected chi connectivity index (χ0v) is 33.5. The molecule has 0 spiro atoms. The summed E-state index contributed by atoms with van der Waals surface area (Å²) in [6.07, 6.45) is 39.1. The zero-order chi connectivity index (χ0) is 36.5. The first kappa shape index (κ1) is 48.0. The lowest BCUT2D eigenvalue weighted by Crippen LogP contribution is -2.45. The van der Waals surface area contributed by atoms with E-state index in [1.165, 1.54) is 135 Å². The lowest BCUT2D eigenvalue weighted by molar-refractivity contribution is -0.870. The summed E-state index contributed by atoms with van der Waals surface area (Å²) < 4.78 is 22.6. The third-order valence-corrected chi connectivity index (χ3v) is 9.94. The number of carbonyl (C=O) groups is 1. The summed E-state index contributed by atoms with van der Waals surface area (Å²) in [5.74, 6) is -0.295. The van der Waals surface area contributed by atoms with Gasteiger partial charge in [-0.05, 0) is 25.7 Å². The van der Waals surface area contributed by atoms with Crippen LogP contribution < -0.4 is 10.2 Å². The van der Waals surface area contributed by atoms with Gasteiger partial charge in [0.2, 0.25) is 5.91 Å². The van der Waals surface area contributed by atoms with Gasteiger partial charge in [0.25, 0.3) is 7.82 Å². The molecule has 3 unspecified atom stereocenters. The molecule has 0 aromatic rings. The molecule has 0 aliphatic carbocycles. The Morgan fingerprint density at radius 1 is 0.694 bits per heavy atom. The van der Waals surface area contributed by atoms with E-state index < -0.39 is 26.6 Å². The number of allylic oxidation sites excluding steroid dienone is 3. The Hall–Kier alpha value is -1.02. The van der Waals surface area contributed by atoms with Crippen molar-refractivity contribution < 1.29 is 32.9 Å². The molecule has 1 amide bonds. The van der Waals surface area contributed by atoms with E-state index in [4.69, 9.17) is 9.05 Å². The van der Waals surface area contributed by atoms with Gasteiger partial charge in [0.05, 0.1) is 39.9 Å². The number of unbranched alkanes of at least 4 members (excludes halogenated alkanes) is 22. The van der Waals surface area contributed by atoms with Crippen LogP contribution in [-0.2, 0) is 18.4 Å². The highest BCUT2D eigenvalue weighted by atomic mass is 31.2. The molecule has 0 rings (SSSR count). The number of phosphoric ester groups is 1. The fourth-order valence-electron chi connectivity index (χ4n) is 5.66. The minimum absolute atomic E-state index is 0.00809. The Morgan fingerprint density at radius 3 is 1.57 bits per heavy atom. The molecule has 0 heterocycles. The first-order valence-electron chi connectivity index (χ1n) is 20.2. The SMILES string of the molecule is CCCCCCCCCCCCCCCCCCCCCCC/C=C/CC/C=C/C(O)C(COP(=O)([O-])OCC[N+](C)(C)C)NC(=O)CC. The fourth-order valence-corrected chi connectivity index (χ4v) is 6.38. The monoisotopic (exact) mass is 715 g/mol. The number of nitrogens with one attached hydrogen (secondary N) is 1. The maximum Gasteiger partial charge on any atom is 0.268 e. The van der Waals surface area contributed by atoms with Crippen molar-refractivity contribution in [2.24, 2.45) is 0 Å². The maximum absolute atomic E-state index is 12.1. The average molecular weight is 715 g/mol. The molecule has 0 aliphatic rings. The van der Waals surface area contributed by atoms with Crippen LogP contribution in [0.4, 0.5) is 0 Å². The van der Waals surface area contributed by atoms with E-state index in [-0.39, 0.29) is 18.9 Å². The van der Waals surface area contributed by atoms with Gasteiger partial charge in [0.1, 0.15) is 13.2 Å². The minimum Gasteiger partial charge on any atom is -0.756 e. The average Bonchev–Trinajstić information content (AvgIpc) is 3.05. The summed E-state index contributed by atoms with van der Waals surface area (Å²) in [6.45, 7) is 4.06. The van der Waals surface area contributed by atoms with E-state index in [1.807, 2.05) is 27.2 Å². The molecule has 49 heavy (non-hydrogen) atoms. The highest BCUT2D eigenvalue weighted by Gasteiger charge is 2.22. The third kappa shape index (κ3) is 35.2. The van der Waals surface area contributed by atoms with Crippen LogP contribution in [0.1, 0.15) is 174 Å². The van der Waals surface area contributed by atoms with E-state index in [0.717, 1.165) is 19.3 Å². The highest BCUT2D eigenvalue weighted by molar-refractivity contribution is 7.45. The number of nitrogens with zero attached hydrogens (tertiary/aromatic N) is 1. The minimum atomic E-state index is -4.55. The lowest BCUT2D eigenvalue weighted by Gasteiger charge is -2.29. The van der Waals surface area contributed by atoms with Crippen molar-refractivity contribution in [2.45, 2.75) is 187 Å². The van der Waals surface area contributed by atoms with E-state index in [9.17, 15) is 19.4 Å². The molecule has 0 saturated carbocycles. The van der Waals surface area contributed by atoms with E-state index in [0.29, 0.717) is 11.0 Å². The van der Waals surface area contributed by atoms with Crippen molar-refractivity contribution in [1.29, 1.82) is 0 Å². The van der Waals surface area contributed by atoms with Crippen LogP contribution >= 0.6 is 7.82 Å². The molecule has 290 valence electrons. The Kier molecular flexibility index (Phi) is 32.2. The van der Waals surface area contributed by atoms with E-state index in [2.05, 4.69) is 24.4 Å². The number of amides is 1. The highest BCUT2D eigenvalue weighted by Crippen LogP contribution is 2.38. The number of phosphoric acid groups is 1. The van der Waals surface area contributed by atoms with Gasteiger partial charge in [0.15, 0.2) is 0 Å². The van der Waals surface area contributed by atoms with Gasteiger partial charge in [-0.2, -0.15) is 0 Å². The number of rotatable bonds is 36. The molecule has 0 aromatic carbocycles. The maximum atomic E-state index is 12.1. The van der Waals surface area contributed by atoms with Crippen LogP contribution in [0.3, 0.4) is 0 Å². The second kappa shape index (κ2) is 32.9. The number of aliphatic hydroxyl groups excluding tert-OH is 1. The molecule has 0 bridgehead atoms. The number of likely N-dealkylation sites (N-methyl/N-ethyl adjacent to an activating group) is 1. The largest absolute Gasteiger partial charge is 0.756 e.